The molecule has 0 radical (unpaired) electrons. The van der Waals surface area contributed by atoms with E-state index in [2.05, 4.69) is 19.6 Å². The maximum atomic E-state index is 3.78. The van der Waals surface area contributed by atoms with Gasteiger partial charge in [-0.05, 0) is 30.6 Å². The predicted octanol–water partition coefficient (Wildman–Crippen LogP) is 3.83. The molecule has 9 heavy (non-hydrogen) atoms. The summed E-state index contributed by atoms with van der Waals surface area (Å²) in [5.41, 5.74) is 0. The van der Waals surface area contributed by atoms with Crippen LogP contribution in [0.5, 0.6) is 0 Å². The smallest absolute Gasteiger partial charge is 0.0112 e. The van der Waals surface area contributed by atoms with E-state index in [0.717, 1.165) is 4.91 Å². The molecule has 0 spiro atoms. The molecule has 52 valence electrons. The minimum Gasteiger partial charge on any atom is -0.0889 e. The molecular formula is C7H12S2. The Morgan fingerprint density at radius 1 is 1.33 bits per heavy atom. The van der Waals surface area contributed by atoms with Crippen LogP contribution >= 0.6 is 21.6 Å². The van der Waals surface area contributed by atoms with Crippen molar-refractivity contribution < 1.29 is 0 Å². The quantitative estimate of drug-likeness (QED) is 0.575. The SMILES string of the molecule is C=C(C)SS/C(C)=C/C. The number of hydrogen-bond donors (Lipinski definition) is 0. The van der Waals surface area contributed by atoms with Crippen LogP contribution in [0, 0.1) is 0 Å². The van der Waals surface area contributed by atoms with Crippen LogP contribution in [0.15, 0.2) is 22.5 Å². The van der Waals surface area contributed by atoms with Crippen LogP contribution in [0.4, 0.5) is 0 Å². The minimum atomic E-state index is 1.15. The van der Waals surface area contributed by atoms with Crippen molar-refractivity contribution >= 4 is 21.6 Å². The lowest BCUT2D eigenvalue weighted by atomic mass is 10.6. The maximum absolute atomic E-state index is 3.78. The van der Waals surface area contributed by atoms with Gasteiger partial charge in [-0.25, -0.2) is 0 Å². The molecule has 0 aliphatic carbocycles. The van der Waals surface area contributed by atoms with E-state index < -0.39 is 0 Å². The van der Waals surface area contributed by atoms with Crippen LogP contribution < -0.4 is 0 Å². The summed E-state index contributed by atoms with van der Waals surface area (Å²) < 4.78 is 0. The average molecular weight is 160 g/mol. The highest BCUT2D eigenvalue weighted by Gasteiger charge is 1.88. The predicted molar refractivity (Wildman–Crippen MR) is 49.4 cm³/mol. The van der Waals surface area contributed by atoms with Gasteiger partial charge >= 0.3 is 0 Å². The van der Waals surface area contributed by atoms with Crippen molar-refractivity contribution in [2.45, 2.75) is 20.8 Å². The van der Waals surface area contributed by atoms with Crippen LogP contribution in [0.1, 0.15) is 20.8 Å². The number of rotatable bonds is 3. The molecule has 0 amide bonds. The van der Waals surface area contributed by atoms with E-state index in [9.17, 15) is 0 Å². The molecule has 0 heterocycles. The van der Waals surface area contributed by atoms with Gasteiger partial charge in [0.1, 0.15) is 0 Å². The Labute approximate surface area is 65.2 Å². The average Bonchev–Trinajstić information content (AvgIpc) is 1.83. The fourth-order valence-corrected chi connectivity index (χ4v) is 1.66. The largest absolute Gasteiger partial charge is 0.0889 e. The van der Waals surface area contributed by atoms with E-state index in [-0.39, 0.29) is 0 Å². The lowest BCUT2D eigenvalue weighted by molar-refractivity contribution is 1.60. The summed E-state index contributed by atoms with van der Waals surface area (Å²) in [5, 5.41) is 0. The summed E-state index contributed by atoms with van der Waals surface area (Å²) in [6.45, 7) is 9.93. The lowest BCUT2D eigenvalue weighted by Crippen LogP contribution is -1.59. The molecule has 2 heteroatoms. The summed E-state index contributed by atoms with van der Waals surface area (Å²) in [6, 6.07) is 0. The second-order valence-corrected chi connectivity index (χ2v) is 4.44. The van der Waals surface area contributed by atoms with Crippen LogP contribution in [0.2, 0.25) is 0 Å². The highest BCUT2D eigenvalue weighted by molar-refractivity contribution is 8.79. The molecule has 0 bridgehead atoms. The topological polar surface area (TPSA) is 0 Å². The van der Waals surface area contributed by atoms with E-state index in [1.807, 2.05) is 13.8 Å². The zero-order valence-corrected chi connectivity index (χ0v) is 7.73. The van der Waals surface area contributed by atoms with Gasteiger partial charge in [0.2, 0.25) is 0 Å². The molecule has 0 saturated heterocycles. The Bertz CT molecular complexity index is 125. The van der Waals surface area contributed by atoms with E-state index in [1.54, 1.807) is 21.6 Å². The van der Waals surface area contributed by atoms with Gasteiger partial charge in [0.15, 0.2) is 0 Å². The summed E-state index contributed by atoms with van der Waals surface area (Å²) in [6.07, 6.45) is 2.10. The van der Waals surface area contributed by atoms with Crippen molar-refractivity contribution in [1.29, 1.82) is 0 Å². The van der Waals surface area contributed by atoms with Gasteiger partial charge in [-0.1, -0.05) is 34.2 Å². The molecule has 0 atom stereocenters. The Kier molecular flexibility index (Phi) is 5.10. The third kappa shape index (κ3) is 6.06. The van der Waals surface area contributed by atoms with Gasteiger partial charge in [-0.3, -0.25) is 0 Å². The van der Waals surface area contributed by atoms with Gasteiger partial charge < -0.3 is 0 Å². The molecule has 0 aromatic heterocycles. The highest BCUT2D eigenvalue weighted by Crippen LogP contribution is 2.34. The molecule has 0 saturated carbocycles. The van der Waals surface area contributed by atoms with Gasteiger partial charge in [-0.15, -0.1) is 0 Å². The standard InChI is InChI=1S/C7H12S2/c1-5-7(4)9-8-6(2)3/h5H,2H2,1,3-4H3/b7-5+. The minimum absolute atomic E-state index is 1.15. The van der Waals surface area contributed by atoms with E-state index >= 15 is 0 Å². The zero-order chi connectivity index (χ0) is 7.28. The molecule has 0 nitrogen and oxygen atoms in total. The van der Waals surface area contributed by atoms with E-state index in [0.29, 0.717) is 0 Å². The van der Waals surface area contributed by atoms with Crippen LogP contribution in [-0.4, -0.2) is 0 Å². The van der Waals surface area contributed by atoms with Gasteiger partial charge in [0, 0.05) is 0 Å². The third-order valence-electron chi connectivity index (χ3n) is 0.722. The number of allylic oxidation sites excluding steroid dienone is 3. The molecule has 0 N–H and O–H groups in total. The molecule has 0 unspecified atom stereocenters. The van der Waals surface area contributed by atoms with Crippen molar-refractivity contribution in [3.8, 4) is 0 Å². The van der Waals surface area contributed by atoms with Crippen LogP contribution in [0.25, 0.3) is 0 Å². The summed E-state index contributed by atoms with van der Waals surface area (Å²) in [4.78, 5) is 2.49. The van der Waals surface area contributed by atoms with Gasteiger partial charge in [0.05, 0.1) is 0 Å². The number of hydrogen-bond acceptors (Lipinski definition) is 2. The Morgan fingerprint density at radius 2 is 1.89 bits per heavy atom. The third-order valence-corrected chi connectivity index (χ3v) is 3.48. The summed E-state index contributed by atoms with van der Waals surface area (Å²) >= 11 is 0. The fourth-order valence-electron chi connectivity index (χ4n) is 0.185. The first-order valence-corrected chi connectivity index (χ1v) is 4.94. The van der Waals surface area contributed by atoms with Crippen LogP contribution in [0.3, 0.4) is 0 Å². The second-order valence-electron chi connectivity index (χ2n) is 1.77. The molecular weight excluding hydrogens is 148 g/mol. The highest BCUT2D eigenvalue weighted by atomic mass is 33.1. The Morgan fingerprint density at radius 3 is 2.22 bits per heavy atom. The maximum Gasteiger partial charge on any atom is -0.0112 e. The normalized spacial score (nSPS) is 11.7. The molecule has 0 aromatic carbocycles. The van der Waals surface area contributed by atoms with Gasteiger partial charge in [-0.2, -0.15) is 0 Å². The molecule has 0 aromatic rings. The monoisotopic (exact) mass is 160 g/mol. The lowest BCUT2D eigenvalue weighted by Gasteiger charge is -1.96. The fraction of sp³-hybridized carbons (Fsp3) is 0.429. The summed E-state index contributed by atoms with van der Waals surface area (Å²) in [7, 11) is 3.48. The Balaban J connectivity index is 3.39. The molecule has 0 aliphatic rings. The van der Waals surface area contributed by atoms with Crippen molar-refractivity contribution in [2.75, 3.05) is 0 Å². The van der Waals surface area contributed by atoms with E-state index in [1.165, 1.54) is 4.91 Å². The van der Waals surface area contributed by atoms with Crippen molar-refractivity contribution in [3.63, 3.8) is 0 Å². The zero-order valence-electron chi connectivity index (χ0n) is 6.10. The molecule has 0 aliphatic heterocycles. The second kappa shape index (κ2) is 5.00. The van der Waals surface area contributed by atoms with Gasteiger partial charge in [0.25, 0.3) is 0 Å². The van der Waals surface area contributed by atoms with Crippen molar-refractivity contribution in [2.24, 2.45) is 0 Å². The first kappa shape index (κ1) is 9.18. The first-order valence-electron chi connectivity index (χ1n) is 2.79. The van der Waals surface area contributed by atoms with Crippen molar-refractivity contribution in [3.05, 3.63) is 22.5 Å². The molecule has 0 fully saturated rings. The van der Waals surface area contributed by atoms with Crippen LogP contribution in [-0.2, 0) is 0 Å². The Hall–Kier alpha value is 0.180. The van der Waals surface area contributed by atoms with Crippen molar-refractivity contribution in [1.82, 2.24) is 0 Å². The summed E-state index contributed by atoms with van der Waals surface area (Å²) in [5.74, 6) is 0. The molecule has 0 rings (SSSR count). The van der Waals surface area contributed by atoms with E-state index in [4.69, 9.17) is 0 Å². The first-order chi connectivity index (χ1) is 4.16.